The van der Waals surface area contributed by atoms with E-state index in [2.05, 4.69) is 0 Å². The molecule has 1 aliphatic heterocycles. The van der Waals surface area contributed by atoms with Crippen LogP contribution in [0.4, 0.5) is 0 Å². The van der Waals surface area contributed by atoms with Crippen LogP contribution < -0.4 is 5.56 Å². The van der Waals surface area contributed by atoms with Gasteiger partial charge in [-0.05, 0) is 18.2 Å². The van der Waals surface area contributed by atoms with Gasteiger partial charge in [-0.15, -0.1) is 0 Å². The zero-order valence-electron chi connectivity index (χ0n) is 14.1. The number of aromatic nitrogens is 1. The molecule has 0 spiro atoms. The van der Waals surface area contributed by atoms with Crippen LogP contribution >= 0.6 is 11.6 Å². The molecule has 138 valence electrons. The van der Waals surface area contributed by atoms with Gasteiger partial charge in [-0.1, -0.05) is 23.7 Å². The van der Waals surface area contributed by atoms with Gasteiger partial charge in [0.15, 0.2) is 0 Å². The largest absolute Gasteiger partial charge is 0.336 e. The van der Waals surface area contributed by atoms with Gasteiger partial charge >= 0.3 is 0 Å². The molecule has 1 saturated heterocycles. The fourth-order valence-corrected chi connectivity index (χ4v) is 4.70. The van der Waals surface area contributed by atoms with E-state index in [-0.39, 0.29) is 47.6 Å². The van der Waals surface area contributed by atoms with Gasteiger partial charge in [-0.3, -0.25) is 9.59 Å². The third-order valence-corrected chi connectivity index (χ3v) is 6.73. The van der Waals surface area contributed by atoms with Crippen LogP contribution in [-0.2, 0) is 17.1 Å². The standard InChI is InChI=1S/C17H18ClN3O4S/c1-19-7-6-13(12-16(19)22)17(23)20-8-10-21(11-9-20)26(24,25)15-5-3-2-4-14(15)18/h2-7,12H,8-11H2,1H3. The number of pyridine rings is 1. The predicted octanol–water partition coefficient (Wildman–Crippen LogP) is 1.19. The fourth-order valence-electron chi connectivity index (χ4n) is 2.79. The Balaban J connectivity index is 1.73. The molecule has 0 radical (unpaired) electrons. The zero-order valence-corrected chi connectivity index (χ0v) is 15.7. The molecule has 3 rings (SSSR count). The van der Waals surface area contributed by atoms with Gasteiger partial charge in [0.05, 0.1) is 5.02 Å². The van der Waals surface area contributed by atoms with Crippen molar-refractivity contribution in [2.24, 2.45) is 7.05 Å². The van der Waals surface area contributed by atoms with Crippen molar-refractivity contribution < 1.29 is 13.2 Å². The van der Waals surface area contributed by atoms with E-state index >= 15 is 0 Å². The Kier molecular flexibility index (Phi) is 5.17. The number of benzene rings is 1. The highest BCUT2D eigenvalue weighted by molar-refractivity contribution is 7.89. The van der Waals surface area contributed by atoms with Crippen molar-refractivity contribution in [3.63, 3.8) is 0 Å². The van der Waals surface area contributed by atoms with Crippen LogP contribution in [0.25, 0.3) is 0 Å². The first kappa shape index (κ1) is 18.6. The summed E-state index contributed by atoms with van der Waals surface area (Å²) in [7, 11) is -2.10. The topological polar surface area (TPSA) is 79.7 Å². The average molecular weight is 396 g/mol. The van der Waals surface area contributed by atoms with E-state index in [1.165, 1.54) is 33.3 Å². The minimum atomic E-state index is -3.71. The molecule has 0 N–H and O–H groups in total. The summed E-state index contributed by atoms with van der Waals surface area (Å²) in [6.45, 7) is 0.837. The SMILES string of the molecule is Cn1ccc(C(=O)N2CCN(S(=O)(=O)c3ccccc3Cl)CC2)cc1=O. The third kappa shape index (κ3) is 3.53. The molecular weight excluding hydrogens is 378 g/mol. The van der Waals surface area contributed by atoms with Crippen LogP contribution in [0.1, 0.15) is 10.4 Å². The monoisotopic (exact) mass is 395 g/mol. The molecular formula is C17H18ClN3O4S. The highest BCUT2D eigenvalue weighted by atomic mass is 35.5. The number of nitrogens with zero attached hydrogens (tertiary/aromatic N) is 3. The minimum absolute atomic E-state index is 0.0630. The lowest BCUT2D eigenvalue weighted by Gasteiger charge is -2.34. The van der Waals surface area contributed by atoms with E-state index in [4.69, 9.17) is 11.6 Å². The Morgan fingerprint density at radius 2 is 1.73 bits per heavy atom. The first-order chi connectivity index (χ1) is 12.3. The second-order valence-electron chi connectivity index (χ2n) is 5.99. The maximum Gasteiger partial charge on any atom is 0.254 e. The van der Waals surface area contributed by atoms with Crippen LogP contribution in [0.15, 0.2) is 52.3 Å². The zero-order chi connectivity index (χ0) is 18.9. The summed E-state index contributed by atoms with van der Waals surface area (Å²) in [6, 6.07) is 9.15. The van der Waals surface area contributed by atoms with Crippen molar-refractivity contribution >= 4 is 27.5 Å². The average Bonchev–Trinajstić information content (AvgIpc) is 2.63. The quantitative estimate of drug-likeness (QED) is 0.781. The summed E-state index contributed by atoms with van der Waals surface area (Å²) in [5, 5.41) is 0.172. The number of sulfonamides is 1. The van der Waals surface area contributed by atoms with E-state index in [0.29, 0.717) is 5.56 Å². The molecule has 1 aromatic carbocycles. The lowest BCUT2D eigenvalue weighted by Crippen LogP contribution is -2.50. The number of carbonyl (C=O) groups excluding carboxylic acids is 1. The first-order valence-corrected chi connectivity index (χ1v) is 9.83. The van der Waals surface area contributed by atoms with Gasteiger partial charge in [0.25, 0.3) is 11.5 Å². The third-order valence-electron chi connectivity index (χ3n) is 4.33. The number of piperazine rings is 1. The summed E-state index contributed by atoms with van der Waals surface area (Å²) in [5.74, 6) is -0.280. The lowest BCUT2D eigenvalue weighted by atomic mass is 10.2. The van der Waals surface area contributed by atoms with Crippen molar-refractivity contribution in [1.82, 2.24) is 13.8 Å². The van der Waals surface area contributed by atoms with Crippen molar-refractivity contribution in [3.8, 4) is 0 Å². The first-order valence-electron chi connectivity index (χ1n) is 8.01. The van der Waals surface area contributed by atoms with Crippen molar-refractivity contribution in [2.45, 2.75) is 4.90 Å². The van der Waals surface area contributed by atoms with Gasteiger partial charge in [0.1, 0.15) is 4.90 Å². The highest BCUT2D eigenvalue weighted by Gasteiger charge is 2.31. The molecule has 0 atom stereocenters. The number of hydrogen-bond acceptors (Lipinski definition) is 4. The summed E-state index contributed by atoms with van der Waals surface area (Å²) < 4.78 is 28.2. The maximum atomic E-state index is 12.7. The number of aryl methyl sites for hydroxylation is 1. The predicted molar refractivity (Wildman–Crippen MR) is 97.8 cm³/mol. The molecule has 2 aromatic rings. The molecule has 26 heavy (non-hydrogen) atoms. The van der Waals surface area contributed by atoms with Crippen molar-refractivity contribution in [2.75, 3.05) is 26.2 Å². The number of rotatable bonds is 3. The van der Waals surface area contributed by atoms with Crippen LogP contribution in [0.3, 0.4) is 0 Å². The van der Waals surface area contributed by atoms with Crippen LogP contribution in [-0.4, -0.2) is 54.3 Å². The highest BCUT2D eigenvalue weighted by Crippen LogP contribution is 2.25. The van der Waals surface area contributed by atoms with E-state index in [1.54, 1.807) is 30.1 Å². The molecule has 7 nitrogen and oxygen atoms in total. The second kappa shape index (κ2) is 7.22. The maximum absolute atomic E-state index is 12.7. The van der Waals surface area contributed by atoms with Gasteiger partial charge in [-0.2, -0.15) is 4.31 Å². The van der Waals surface area contributed by atoms with Gasteiger partial charge < -0.3 is 9.47 Å². The Bertz CT molecular complexity index is 995. The van der Waals surface area contributed by atoms with Gasteiger partial charge in [0.2, 0.25) is 10.0 Å². The van der Waals surface area contributed by atoms with Crippen LogP contribution in [0, 0.1) is 0 Å². The number of hydrogen-bond donors (Lipinski definition) is 0. The molecule has 1 aliphatic rings. The van der Waals surface area contributed by atoms with E-state index in [1.807, 2.05) is 0 Å². The molecule has 1 amide bonds. The Hall–Kier alpha value is -2.16. The second-order valence-corrected chi connectivity index (χ2v) is 8.30. The molecule has 0 aliphatic carbocycles. The van der Waals surface area contributed by atoms with E-state index < -0.39 is 10.0 Å². The molecule has 0 unspecified atom stereocenters. The van der Waals surface area contributed by atoms with Crippen LogP contribution in [0.5, 0.6) is 0 Å². The normalized spacial score (nSPS) is 15.8. The Labute approximate surface area is 156 Å². The molecule has 2 heterocycles. The summed E-state index contributed by atoms with van der Waals surface area (Å²) in [5.41, 5.74) is 0.0336. The van der Waals surface area contributed by atoms with E-state index in [0.717, 1.165) is 0 Å². The van der Waals surface area contributed by atoms with Gasteiger partial charge in [-0.25, -0.2) is 8.42 Å². The number of halogens is 1. The van der Waals surface area contributed by atoms with Crippen molar-refractivity contribution in [1.29, 1.82) is 0 Å². The molecule has 0 bridgehead atoms. The fraction of sp³-hybridized carbons (Fsp3) is 0.294. The summed E-state index contributed by atoms with van der Waals surface area (Å²) >= 11 is 6.01. The molecule has 9 heteroatoms. The van der Waals surface area contributed by atoms with Crippen LogP contribution in [0.2, 0.25) is 5.02 Å². The minimum Gasteiger partial charge on any atom is -0.336 e. The summed E-state index contributed by atoms with van der Waals surface area (Å²) in [6.07, 6.45) is 1.54. The molecule has 1 fully saturated rings. The van der Waals surface area contributed by atoms with Gasteiger partial charge in [0, 0.05) is 51.1 Å². The Morgan fingerprint density at radius 1 is 1.08 bits per heavy atom. The summed E-state index contributed by atoms with van der Waals surface area (Å²) in [4.78, 5) is 25.8. The smallest absolute Gasteiger partial charge is 0.254 e. The number of carbonyl (C=O) groups is 1. The van der Waals surface area contributed by atoms with E-state index in [9.17, 15) is 18.0 Å². The van der Waals surface area contributed by atoms with Crippen molar-refractivity contribution in [3.05, 3.63) is 63.5 Å². The molecule has 1 aromatic heterocycles. The lowest BCUT2D eigenvalue weighted by molar-refractivity contribution is 0.0697. The molecule has 0 saturated carbocycles. The number of amides is 1. The Morgan fingerprint density at radius 3 is 2.35 bits per heavy atom.